The molecule has 0 fully saturated rings. The number of hydrogen-bond acceptors (Lipinski definition) is 2. The fourth-order valence-electron chi connectivity index (χ4n) is 1.23. The predicted octanol–water partition coefficient (Wildman–Crippen LogP) is 2.23. The van der Waals surface area contributed by atoms with Crippen molar-refractivity contribution < 1.29 is 0 Å². The maximum atomic E-state index is 5.40. The van der Waals surface area contributed by atoms with Gasteiger partial charge < -0.3 is 5.73 Å². The summed E-state index contributed by atoms with van der Waals surface area (Å²) < 4.78 is 0. The summed E-state index contributed by atoms with van der Waals surface area (Å²) >= 11 is 0. The topological polar surface area (TPSA) is 38.4 Å². The van der Waals surface area contributed by atoms with Gasteiger partial charge in [-0.05, 0) is 24.9 Å². The zero-order valence-corrected chi connectivity index (χ0v) is 8.52. The van der Waals surface area contributed by atoms with Crippen LogP contribution >= 0.6 is 0 Å². The van der Waals surface area contributed by atoms with E-state index in [1.807, 2.05) is 24.4 Å². The molecule has 2 nitrogen and oxygen atoms in total. The van der Waals surface area contributed by atoms with Gasteiger partial charge in [0.2, 0.25) is 0 Å². The van der Waals surface area contributed by atoms with Crippen LogP contribution < -0.4 is 5.73 Å². The van der Waals surface area contributed by atoms with E-state index >= 15 is 0 Å². The smallest absolute Gasteiger partial charge is 0.0389 e. The minimum Gasteiger partial charge on any atom is -0.330 e. The number of hydrogen-bond donors (Lipinski definition) is 1. The highest BCUT2D eigenvalue weighted by Gasteiger charge is 1.86. The fraction of sp³-hybridized carbons (Fsp3) is 0.417. The van der Waals surface area contributed by atoms with Gasteiger partial charge in [0.05, 0.1) is 0 Å². The molecule has 0 amide bonds. The molecule has 14 heavy (non-hydrogen) atoms. The normalized spacial score (nSPS) is 10.9. The second-order valence-electron chi connectivity index (χ2n) is 3.30. The molecule has 0 aliphatic rings. The number of benzene rings is 1. The van der Waals surface area contributed by atoms with Crippen LogP contribution in [0.4, 0.5) is 0 Å². The molecule has 0 atom stereocenters. The minimum atomic E-state index is 0.794. The monoisotopic (exact) mass is 190 g/mol. The molecule has 1 rings (SSSR count). The minimum absolute atomic E-state index is 0.794. The van der Waals surface area contributed by atoms with Crippen molar-refractivity contribution in [1.82, 2.24) is 0 Å². The quantitative estimate of drug-likeness (QED) is 0.542. The first-order valence-electron chi connectivity index (χ1n) is 5.18. The van der Waals surface area contributed by atoms with E-state index in [0.29, 0.717) is 0 Å². The Balaban J connectivity index is 2.15. The molecule has 0 aromatic heterocycles. The molecule has 2 heteroatoms. The number of unbranched alkanes of at least 4 members (excludes halogenated alkanes) is 2. The number of aliphatic imine (C=N–C) groups is 1. The zero-order valence-electron chi connectivity index (χ0n) is 8.52. The van der Waals surface area contributed by atoms with Crippen LogP contribution in [0.15, 0.2) is 35.3 Å². The molecule has 0 saturated carbocycles. The highest BCUT2D eigenvalue weighted by atomic mass is 14.7. The zero-order chi connectivity index (χ0) is 10.1. The van der Waals surface area contributed by atoms with E-state index in [0.717, 1.165) is 25.9 Å². The average Bonchev–Trinajstić information content (AvgIpc) is 2.25. The van der Waals surface area contributed by atoms with Crippen LogP contribution in [-0.2, 0) is 0 Å². The van der Waals surface area contributed by atoms with Gasteiger partial charge >= 0.3 is 0 Å². The van der Waals surface area contributed by atoms with Crippen molar-refractivity contribution in [2.75, 3.05) is 13.1 Å². The Hall–Kier alpha value is -1.15. The number of nitrogens with zero attached hydrogens (tertiary/aromatic N) is 1. The summed E-state index contributed by atoms with van der Waals surface area (Å²) in [6.45, 7) is 1.71. The van der Waals surface area contributed by atoms with Gasteiger partial charge in [-0.1, -0.05) is 36.8 Å². The molecular formula is C12H18N2. The van der Waals surface area contributed by atoms with Gasteiger partial charge in [0.25, 0.3) is 0 Å². The number of nitrogens with two attached hydrogens (primary N) is 1. The molecule has 0 heterocycles. The van der Waals surface area contributed by atoms with Gasteiger partial charge in [-0.25, -0.2) is 0 Å². The first-order valence-corrected chi connectivity index (χ1v) is 5.18. The van der Waals surface area contributed by atoms with E-state index < -0.39 is 0 Å². The van der Waals surface area contributed by atoms with E-state index in [1.165, 1.54) is 12.0 Å². The summed E-state index contributed by atoms with van der Waals surface area (Å²) in [7, 11) is 0. The van der Waals surface area contributed by atoms with Crippen molar-refractivity contribution >= 4 is 6.21 Å². The molecule has 0 saturated heterocycles. The lowest BCUT2D eigenvalue weighted by Crippen LogP contribution is -1.98. The van der Waals surface area contributed by atoms with Crippen LogP contribution in [0.3, 0.4) is 0 Å². The van der Waals surface area contributed by atoms with E-state index in [-0.39, 0.29) is 0 Å². The molecule has 76 valence electrons. The standard InChI is InChI=1S/C12H18N2/c13-9-5-2-6-10-14-11-12-7-3-1-4-8-12/h1,3-4,7-8,11H,2,5-6,9-10,13H2. The largest absolute Gasteiger partial charge is 0.330 e. The van der Waals surface area contributed by atoms with Gasteiger partial charge in [0.1, 0.15) is 0 Å². The van der Waals surface area contributed by atoms with Crippen molar-refractivity contribution in [2.45, 2.75) is 19.3 Å². The Morgan fingerprint density at radius 1 is 1.07 bits per heavy atom. The summed E-state index contributed by atoms with van der Waals surface area (Å²) in [6, 6.07) is 10.2. The van der Waals surface area contributed by atoms with Crippen LogP contribution in [0.25, 0.3) is 0 Å². The first-order chi connectivity index (χ1) is 6.93. The van der Waals surface area contributed by atoms with Crippen molar-refractivity contribution in [3.8, 4) is 0 Å². The lowest BCUT2D eigenvalue weighted by atomic mass is 10.2. The van der Waals surface area contributed by atoms with Gasteiger partial charge in [0, 0.05) is 12.8 Å². The Morgan fingerprint density at radius 2 is 1.86 bits per heavy atom. The summed E-state index contributed by atoms with van der Waals surface area (Å²) in [5.41, 5.74) is 6.57. The SMILES string of the molecule is NCCCCCN=Cc1ccccc1. The van der Waals surface area contributed by atoms with E-state index in [9.17, 15) is 0 Å². The van der Waals surface area contributed by atoms with Crippen LogP contribution in [0.5, 0.6) is 0 Å². The Morgan fingerprint density at radius 3 is 2.57 bits per heavy atom. The third kappa shape index (κ3) is 4.77. The molecule has 0 radical (unpaired) electrons. The van der Waals surface area contributed by atoms with Crippen LogP contribution in [0.2, 0.25) is 0 Å². The third-order valence-electron chi connectivity index (χ3n) is 2.03. The molecule has 0 spiro atoms. The highest BCUT2D eigenvalue weighted by molar-refractivity contribution is 5.79. The maximum absolute atomic E-state index is 5.40. The van der Waals surface area contributed by atoms with Crippen molar-refractivity contribution in [1.29, 1.82) is 0 Å². The summed E-state index contributed by atoms with van der Waals surface area (Å²) in [5, 5.41) is 0. The van der Waals surface area contributed by atoms with E-state index in [4.69, 9.17) is 5.73 Å². The highest BCUT2D eigenvalue weighted by Crippen LogP contribution is 1.96. The third-order valence-corrected chi connectivity index (χ3v) is 2.03. The van der Waals surface area contributed by atoms with Gasteiger partial charge in [-0.15, -0.1) is 0 Å². The lowest BCUT2D eigenvalue weighted by molar-refractivity contribution is 0.696. The fourth-order valence-corrected chi connectivity index (χ4v) is 1.23. The number of rotatable bonds is 6. The molecule has 0 aliphatic heterocycles. The second-order valence-corrected chi connectivity index (χ2v) is 3.30. The molecule has 2 N–H and O–H groups in total. The predicted molar refractivity (Wildman–Crippen MR) is 61.8 cm³/mol. The molecular weight excluding hydrogens is 172 g/mol. The summed E-state index contributed by atoms with van der Waals surface area (Å²) in [5.74, 6) is 0. The molecule has 1 aromatic carbocycles. The maximum Gasteiger partial charge on any atom is 0.0389 e. The Bertz CT molecular complexity index is 254. The van der Waals surface area contributed by atoms with Crippen LogP contribution in [0, 0.1) is 0 Å². The van der Waals surface area contributed by atoms with E-state index in [2.05, 4.69) is 17.1 Å². The first kappa shape index (κ1) is 10.9. The van der Waals surface area contributed by atoms with Crippen molar-refractivity contribution in [2.24, 2.45) is 10.7 Å². The molecule has 1 aromatic rings. The second kappa shape index (κ2) is 7.27. The summed E-state index contributed by atoms with van der Waals surface area (Å²) in [6.07, 6.45) is 5.37. The molecule has 0 unspecified atom stereocenters. The van der Waals surface area contributed by atoms with Crippen molar-refractivity contribution in [3.05, 3.63) is 35.9 Å². The Labute approximate surface area is 85.9 Å². The van der Waals surface area contributed by atoms with Crippen molar-refractivity contribution in [3.63, 3.8) is 0 Å². The Kier molecular flexibility index (Phi) is 5.68. The summed E-state index contributed by atoms with van der Waals surface area (Å²) in [4.78, 5) is 4.35. The van der Waals surface area contributed by atoms with E-state index in [1.54, 1.807) is 0 Å². The van der Waals surface area contributed by atoms with Gasteiger partial charge in [-0.3, -0.25) is 4.99 Å². The van der Waals surface area contributed by atoms with Gasteiger partial charge in [0.15, 0.2) is 0 Å². The lowest BCUT2D eigenvalue weighted by Gasteiger charge is -1.94. The molecule has 0 aliphatic carbocycles. The molecule has 0 bridgehead atoms. The van der Waals surface area contributed by atoms with Crippen LogP contribution in [0.1, 0.15) is 24.8 Å². The van der Waals surface area contributed by atoms with Gasteiger partial charge in [-0.2, -0.15) is 0 Å². The van der Waals surface area contributed by atoms with Crippen LogP contribution in [-0.4, -0.2) is 19.3 Å². The average molecular weight is 190 g/mol.